The molecule has 0 atom stereocenters. The molecule has 0 N–H and O–H groups in total. The second-order valence-electron chi connectivity index (χ2n) is 3.87. The van der Waals surface area contributed by atoms with E-state index in [2.05, 4.69) is 19.1 Å². The molecule has 0 heterocycles. The van der Waals surface area contributed by atoms with Gasteiger partial charge in [-0.15, -0.1) is 0 Å². The molecule has 2 aromatic carbocycles. The van der Waals surface area contributed by atoms with Gasteiger partial charge in [0, 0.05) is 5.56 Å². The lowest BCUT2D eigenvalue weighted by Crippen LogP contribution is -1.94. The lowest BCUT2D eigenvalue weighted by atomic mass is 9.96. The van der Waals surface area contributed by atoms with E-state index in [0.29, 0.717) is 5.56 Å². The number of hydrogen-bond acceptors (Lipinski definition) is 1. The average molecular weight is 245 g/mol. The Balaban J connectivity index is 2.52. The van der Waals surface area contributed by atoms with Gasteiger partial charge in [0.15, 0.2) is 0 Å². The molecule has 0 aliphatic carbocycles. The Morgan fingerprint density at radius 1 is 1.12 bits per heavy atom. The maximum Gasteiger partial charge on any atom is 0.252 e. The van der Waals surface area contributed by atoms with Crippen molar-refractivity contribution in [3.8, 4) is 11.1 Å². The second kappa shape index (κ2) is 5.15. The molecular formula is C15H13ClO. The highest BCUT2D eigenvalue weighted by Gasteiger charge is 2.07. The summed E-state index contributed by atoms with van der Waals surface area (Å²) in [5, 5.41) is -0.403. The molecule has 0 fully saturated rings. The summed E-state index contributed by atoms with van der Waals surface area (Å²) >= 11 is 5.49. The molecule has 17 heavy (non-hydrogen) atoms. The Hall–Kier alpha value is -1.60. The zero-order valence-corrected chi connectivity index (χ0v) is 10.4. The average Bonchev–Trinajstić information content (AvgIpc) is 2.39. The van der Waals surface area contributed by atoms with Crippen LogP contribution in [0.1, 0.15) is 22.8 Å². The van der Waals surface area contributed by atoms with Gasteiger partial charge in [-0.1, -0.05) is 43.3 Å². The molecule has 0 amide bonds. The molecule has 0 saturated heterocycles. The largest absolute Gasteiger partial charge is 0.276 e. The molecule has 2 aromatic rings. The molecule has 0 aliphatic heterocycles. The summed E-state index contributed by atoms with van der Waals surface area (Å²) < 4.78 is 0. The predicted molar refractivity (Wildman–Crippen MR) is 71.4 cm³/mol. The van der Waals surface area contributed by atoms with Crippen LogP contribution in [-0.2, 0) is 6.42 Å². The van der Waals surface area contributed by atoms with E-state index in [9.17, 15) is 4.79 Å². The van der Waals surface area contributed by atoms with Gasteiger partial charge in [-0.2, -0.15) is 0 Å². The van der Waals surface area contributed by atoms with Gasteiger partial charge in [-0.3, -0.25) is 4.79 Å². The van der Waals surface area contributed by atoms with E-state index in [1.165, 1.54) is 0 Å². The maximum absolute atomic E-state index is 11.1. The maximum atomic E-state index is 11.1. The molecule has 1 nitrogen and oxygen atoms in total. The Labute approximate surface area is 106 Å². The Morgan fingerprint density at radius 2 is 1.82 bits per heavy atom. The summed E-state index contributed by atoms with van der Waals surface area (Å²) in [7, 11) is 0. The molecular weight excluding hydrogens is 232 g/mol. The molecule has 0 bridgehead atoms. The molecule has 0 radical (unpaired) electrons. The van der Waals surface area contributed by atoms with Crippen molar-refractivity contribution < 1.29 is 4.79 Å². The van der Waals surface area contributed by atoms with Crippen LogP contribution in [0.3, 0.4) is 0 Å². The van der Waals surface area contributed by atoms with Crippen molar-refractivity contribution in [1.29, 1.82) is 0 Å². The summed E-state index contributed by atoms with van der Waals surface area (Å²) in [5.74, 6) is 0. The van der Waals surface area contributed by atoms with Crippen molar-refractivity contribution in [2.75, 3.05) is 0 Å². The first-order valence-electron chi connectivity index (χ1n) is 5.60. The highest BCUT2D eigenvalue weighted by molar-refractivity contribution is 6.67. The van der Waals surface area contributed by atoms with Crippen LogP contribution in [0.5, 0.6) is 0 Å². The number of aryl methyl sites for hydroxylation is 1. The van der Waals surface area contributed by atoms with Gasteiger partial charge >= 0.3 is 0 Å². The zero-order chi connectivity index (χ0) is 12.3. The third kappa shape index (κ3) is 2.56. The van der Waals surface area contributed by atoms with Crippen molar-refractivity contribution in [2.45, 2.75) is 13.3 Å². The minimum absolute atomic E-state index is 0.403. The van der Waals surface area contributed by atoms with Crippen LogP contribution < -0.4 is 0 Å². The lowest BCUT2D eigenvalue weighted by molar-refractivity contribution is 0.108. The van der Waals surface area contributed by atoms with Crippen LogP contribution in [0.25, 0.3) is 11.1 Å². The van der Waals surface area contributed by atoms with Gasteiger partial charge in [0.25, 0.3) is 5.24 Å². The van der Waals surface area contributed by atoms with Crippen molar-refractivity contribution in [3.63, 3.8) is 0 Å². The first-order valence-corrected chi connectivity index (χ1v) is 5.98. The summed E-state index contributed by atoms with van der Waals surface area (Å²) in [6.45, 7) is 2.07. The topological polar surface area (TPSA) is 17.1 Å². The zero-order valence-electron chi connectivity index (χ0n) is 9.61. The molecule has 2 rings (SSSR count). The normalized spacial score (nSPS) is 10.2. The first-order chi connectivity index (χ1) is 8.22. The van der Waals surface area contributed by atoms with E-state index in [0.717, 1.165) is 23.1 Å². The molecule has 0 spiro atoms. The SMILES string of the molecule is CCc1cc(C(=O)Cl)ccc1-c1ccccc1. The fourth-order valence-electron chi connectivity index (χ4n) is 1.91. The van der Waals surface area contributed by atoms with E-state index >= 15 is 0 Å². The van der Waals surface area contributed by atoms with Crippen molar-refractivity contribution in [3.05, 3.63) is 59.7 Å². The number of carbonyl (C=O) groups excluding carboxylic acids is 1. The van der Waals surface area contributed by atoms with Gasteiger partial charge in [0.2, 0.25) is 0 Å². The van der Waals surface area contributed by atoms with E-state index < -0.39 is 5.24 Å². The molecule has 0 unspecified atom stereocenters. The monoisotopic (exact) mass is 244 g/mol. The molecule has 0 aromatic heterocycles. The minimum Gasteiger partial charge on any atom is -0.276 e. The van der Waals surface area contributed by atoms with Crippen LogP contribution in [-0.4, -0.2) is 5.24 Å². The van der Waals surface area contributed by atoms with E-state index in [4.69, 9.17) is 11.6 Å². The van der Waals surface area contributed by atoms with Crippen LogP contribution in [0, 0.1) is 0 Å². The number of halogens is 1. The highest BCUT2D eigenvalue weighted by atomic mass is 35.5. The predicted octanol–water partition coefficient (Wildman–Crippen LogP) is 4.30. The summed E-state index contributed by atoms with van der Waals surface area (Å²) in [5.41, 5.74) is 4.03. The smallest absolute Gasteiger partial charge is 0.252 e. The number of benzene rings is 2. The summed E-state index contributed by atoms with van der Waals surface area (Å²) in [6.07, 6.45) is 0.877. The van der Waals surface area contributed by atoms with E-state index in [-0.39, 0.29) is 0 Å². The van der Waals surface area contributed by atoms with Crippen molar-refractivity contribution in [1.82, 2.24) is 0 Å². The number of rotatable bonds is 3. The lowest BCUT2D eigenvalue weighted by Gasteiger charge is -2.09. The standard InChI is InChI=1S/C15H13ClO/c1-2-11-10-13(15(16)17)8-9-14(11)12-6-4-3-5-7-12/h3-10H,2H2,1H3. The van der Waals surface area contributed by atoms with Crippen LogP contribution in [0.2, 0.25) is 0 Å². The minimum atomic E-state index is -0.403. The fraction of sp³-hybridized carbons (Fsp3) is 0.133. The fourth-order valence-corrected chi connectivity index (χ4v) is 2.03. The van der Waals surface area contributed by atoms with Crippen LogP contribution in [0.15, 0.2) is 48.5 Å². The van der Waals surface area contributed by atoms with Gasteiger partial charge in [0.1, 0.15) is 0 Å². The first kappa shape index (κ1) is 11.9. The van der Waals surface area contributed by atoms with Gasteiger partial charge in [0.05, 0.1) is 0 Å². The number of carbonyl (C=O) groups is 1. The van der Waals surface area contributed by atoms with Gasteiger partial charge in [-0.25, -0.2) is 0 Å². The summed E-state index contributed by atoms with van der Waals surface area (Å²) in [4.78, 5) is 11.1. The Kier molecular flexibility index (Phi) is 3.60. The third-order valence-corrected chi connectivity index (χ3v) is 3.02. The third-order valence-electron chi connectivity index (χ3n) is 2.80. The molecule has 0 aliphatic rings. The highest BCUT2D eigenvalue weighted by Crippen LogP contribution is 2.25. The quantitative estimate of drug-likeness (QED) is 0.736. The Morgan fingerprint density at radius 3 is 2.41 bits per heavy atom. The van der Waals surface area contributed by atoms with E-state index in [1.807, 2.05) is 30.3 Å². The Bertz CT molecular complexity index is 532. The van der Waals surface area contributed by atoms with E-state index in [1.54, 1.807) is 6.07 Å². The van der Waals surface area contributed by atoms with Gasteiger partial charge in [-0.05, 0) is 46.8 Å². The second-order valence-corrected chi connectivity index (χ2v) is 4.21. The molecule has 86 valence electrons. The molecule has 2 heteroatoms. The van der Waals surface area contributed by atoms with Crippen molar-refractivity contribution >= 4 is 16.8 Å². The van der Waals surface area contributed by atoms with Crippen LogP contribution in [0.4, 0.5) is 0 Å². The van der Waals surface area contributed by atoms with Crippen LogP contribution >= 0.6 is 11.6 Å². The van der Waals surface area contributed by atoms with Gasteiger partial charge < -0.3 is 0 Å². The number of hydrogen-bond donors (Lipinski definition) is 0. The summed E-state index contributed by atoms with van der Waals surface area (Å²) in [6, 6.07) is 15.8. The molecule has 0 saturated carbocycles. The van der Waals surface area contributed by atoms with Crippen molar-refractivity contribution in [2.24, 2.45) is 0 Å².